The third kappa shape index (κ3) is 2.83. The summed E-state index contributed by atoms with van der Waals surface area (Å²) in [6.07, 6.45) is 4.43. The van der Waals surface area contributed by atoms with Crippen LogP contribution in [0.3, 0.4) is 0 Å². The van der Waals surface area contributed by atoms with Gasteiger partial charge >= 0.3 is 0 Å². The lowest BCUT2D eigenvalue weighted by Gasteiger charge is -2.45. The third-order valence-electron chi connectivity index (χ3n) is 4.88. The fraction of sp³-hybridized carbons (Fsp3) is 1.00. The highest BCUT2D eigenvalue weighted by atomic mass is 16.3. The van der Waals surface area contributed by atoms with Crippen molar-refractivity contribution >= 4 is 0 Å². The van der Waals surface area contributed by atoms with Crippen molar-refractivity contribution in [3.05, 3.63) is 0 Å². The molecule has 2 aliphatic heterocycles. The monoisotopic (exact) mass is 240 g/mol. The summed E-state index contributed by atoms with van der Waals surface area (Å²) in [6, 6.07) is 1.35. The van der Waals surface area contributed by atoms with E-state index in [1.807, 2.05) is 0 Å². The molecule has 2 unspecified atom stereocenters. The number of β-amino-alcohol motifs (C(OH)–C–C–N with tert-alkyl or cyclic N) is 1. The molecule has 2 atom stereocenters. The first-order chi connectivity index (χ1) is 8.08. The van der Waals surface area contributed by atoms with E-state index in [2.05, 4.69) is 30.6 Å². The minimum absolute atomic E-state index is 0.477. The van der Waals surface area contributed by atoms with E-state index in [-0.39, 0.29) is 0 Å². The molecule has 0 aliphatic carbocycles. The standard InChI is InChI=1S/C14H28N2O/c1-4-14(17,5-2)11-16-10-13-7-6-8-15(13)9-12(16)3/h12-13,17H,4-11H2,1-3H3. The molecule has 2 aliphatic rings. The van der Waals surface area contributed by atoms with E-state index in [4.69, 9.17) is 0 Å². The van der Waals surface area contributed by atoms with Gasteiger partial charge in [-0.2, -0.15) is 0 Å². The van der Waals surface area contributed by atoms with E-state index in [0.29, 0.717) is 6.04 Å². The SMILES string of the molecule is CCC(O)(CC)CN1CC2CCCN2CC1C. The highest BCUT2D eigenvalue weighted by Gasteiger charge is 2.37. The predicted molar refractivity (Wildman–Crippen MR) is 71.2 cm³/mol. The number of fused-ring (bicyclic) bond motifs is 1. The Labute approximate surface area is 106 Å². The van der Waals surface area contributed by atoms with E-state index in [1.165, 1.54) is 25.9 Å². The summed E-state index contributed by atoms with van der Waals surface area (Å²) in [7, 11) is 0. The van der Waals surface area contributed by atoms with E-state index >= 15 is 0 Å². The Bertz CT molecular complexity index is 253. The fourth-order valence-electron chi connectivity index (χ4n) is 3.32. The highest BCUT2D eigenvalue weighted by molar-refractivity contribution is 4.93. The molecule has 3 nitrogen and oxygen atoms in total. The normalized spacial score (nSPS) is 31.8. The fourth-order valence-corrected chi connectivity index (χ4v) is 3.32. The Balaban J connectivity index is 1.96. The van der Waals surface area contributed by atoms with E-state index < -0.39 is 5.60 Å². The summed E-state index contributed by atoms with van der Waals surface area (Å²) in [5, 5.41) is 10.5. The third-order valence-corrected chi connectivity index (χ3v) is 4.88. The second-order valence-electron chi connectivity index (χ2n) is 6.00. The Hall–Kier alpha value is -0.120. The van der Waals surface area contributed by atoms with Crippen LogP contribution in [0.2, 0.25) is 0 Å². The molecule has 0 spiro atoms. The van der Waals surface area contributed by atoms with Crippen LogP contribution < -0.4 is 0 Å². The molecule has 2 saturated heterocycles. The average Bonchev–Trinajstić information content (AvgIpc) is 2.76. The van der Waals surface area contributed by atoms with Crippen LogP contribution in [0.25, 0.3) is 0 Å². The van der Waals surface area contributed by atoms with Crippen LogP contribution in [0.15, 0.2) is 0 Å². The summed E-state index contributed by atoms with van der Waals surface area (Å²) in [5.74, 6) is 0. The van der Waals surface area contributed by atoms with Crippen molar-refractivity contribution in [2.24, 2.45) is 0 Å². The van der Waals surface area contributed by atoms with Crippen molar-refractivity contribution in [2.75, 3.05) is 26.2 Å². The molecular weight excluding hydrogens is 212 g/mol. The average molecular weight is 240 g/mol. The lowest BCUT2D eigenvalue weighted by molar-refractivity contribution is -0.0385. The largest absolute Gasteiger partial charge is 0.389 e. The van der Waals surface area contributed by atoms with Gasteiger partial charge in [0.1, 0.15) is 0 Å². The summed E-state index contributed by atoms with van der Waals surface area (Å²) >= 11 is 0. The van der Waals surface area contributed by atoms with Gasteiger partial charge in [0.15, 0.2) is 0 Å². The van der Waals surface area contributed by atoms with Crippen molar-refractivity contribution in [3.63, 3.8) is 0 Å². The van der Waals surface area contributed by atoms with Gasteiger partial charge in [0.25, 0.3) is 0 Å². The first-order valence-corrected chi connectivity index (χ1v) is 7.28. The lowest BCUT2D eigenvalue weighted by atomic mass is 9.95. The second kappa shape index (κ2) is 5.25. The summed E-state index contributed by atoms with van der Waals surface area (Å²) in [5.41, 5.74) is -0.477. The van der Waals surface area contributed by atoms with Crippen LogP contribution in [0.4, 0.5) is 0 Å². The molecule has 2 fully saturated rings. The van der Waals surface area contributed by atoms with Gasteiger partial charge in [-0.25, -0.2) is 0 Å². The van der Waals surface area contributed by atoms with Crippen LogP contribution in [-0.2, 0) is 0 Å². The van der Waals surface area contributed by atoms with E-state index in [0.717, 1.165) is 32.0 Å². The van der Waals surface area contributed by atoms with Gasteiger partial charge in [0.2, 0.25) is 0 Å². The van der Waals surface area contributed by atoms with Gasteiger partial charge in [0.05, 0.1) is 5.60 Å². The number of hydrogen-bond donors (Lipinski definition) is 1. The van der Waals surface area contributed by atoms with E-state index in [1.54, 1.807) is 0 Å². The van der Waals surface area contributed by atoms with Gasteiger partial charge in [-0.3, -0.25) is 9.80 Å². The topological polar surface area (TPSA) is 26.7 Å². The van der Waals surface area contributed by atoms with Crippen LogP contribution in [0.1, 0.15) is 46.5 Å². The molecule has 2 rings (SSSR count). The number of nitrogens with zero attached hydrogens (tertiary/aromatic N) is 2. The van der Waals surface area contributed by atoms with Crippen molar-refractivity contribution in [1.82, 2.24) is 9.80 Å². The molecule has 0 saturated carbocycles. The van der Waals surface area contributed by atoms with Crippen LogP contribution in [-0.4, -0.2) is 58.8 Å². The maximum atomic E-state index is 10.5. The molecule has 0 aromatic heterocycles. The Kier molecular flexibility index (Phi) is 4.11. The van der Waals surface area contributed by atoms with Crippen LogP contribution in [0, 0.1) is 0 Å². The zero-order chi connectivity index (χ0) is 12.5. The van der Waals surface area contributed by atoms with Crippen molar-refractivity contribution < 1.29 is 5.11 Å². The second-order valence-corrected chi connectivity index (χ2v) is 6.00. The Morgan fingerprint density at radius 2 is 1.94 bits per heavy atom. The molecule has 100 valence electrons. The highest BCUT2D eigenvalue weighted by Crippen LogP contribution is 2.27. The number of rotatable bonds is 4. The lowest BCUT2D eigenvalue weighted by Crippen LogP contribution is -2.58. The van der Waals surface area contributed by atoms with Crippen molar-refractivity contribution in [1.29, 1.82) is 0 Å². The summed E-state index contributed by atoms with van der Waals surface area (Å²) in [4.78, 5) is 5.15. The van der Waals surface area contributed by atoms with Crippen molar-refractivity contribution in [3.8, 4) is 0 Å². The zero-order valence-electron chi connectivity index (χ0n) is 11.7. The molecule has 0 radical (unpaired) electrons. The quantitative estimate of drug-likeness (QED) is 0.810. The van der Waals surface area contributed by atoms with Gasteiger partial charge in [-0.1, -0.05) is 13.8 Å². The molecule has 1 N–H and O–H groups in total. The van der Waals surface area contributed by atoms with Crippen molar-refractivity contribution in [2.45, 2.75) is 64.1 Å². The van der Waals surface area contributed by atoms with Gasteiger partial charge in [-0.15, -0.1) is 0 Å². The first-order valence-electron chi connectivity index (χ1n) is 7.28. The summed E-state index contributed by atoms with van der Waals surface area (Å²) in [6.45, 7) is 11.0. The maximum Gasteiger partial charge on any atom is 0.0769 e. The van der Waals surface area contributed by atoms with Crippen LogP contribution in [0.5, 0.6) is 0 Å². The smallest absolute Gasteiger partial charge is 0.0769 e. The number of hydrogen-bond acceptors (Lipinski definition) is 3. The molecule has 2 heterocycles. The summed E-state index contributed by atoms with van der Waals surface area (Å²) < 4.78 is 0. The van der Waals surface area contributed by atoms with Gasteiger partial charge in [-0.05, 0) is 39.2 Å². The minimum atomic E-state index is -0.477. The number of piperazine rings is 1. The molecule has 0 aromatic rings. The predicted octanol–water partition coefficient (Wildman–Crippen LogP) is 1.71. The molecular formula is C14H28N2O. The Morgan fingerprint density at radius 1 is 1.24 bits per heavy atom. The zero-order valence-corrected chi connectivity index (χ0v) is 11.7. The maximum absolute atomic E-state index is 10.5. The van der Waals surface area contributed by atoms with Gasteiger partial charge in [0, 0.05) is 31.7 Å². The Morgan fingerprint density at radius 3 is 2.59 bits per heavy atom. The molecule has 0 bridgehead atoms. The van der Waals surface area contributed by atoms with Crippen LogP contribution >= 0.6 is 0 Å². The molecule has 3 heteroatoms. The van der Waals surface area contributed by atoms with E-state index in [9.17, 15) is 5.11 Å². The first kappa shape index (κ1) is 13.3. The molecule has 0 aromatic carbocycles. The molecule has 17 heavy (non-hydrogen) atoms. The number of aliphatic hydroxyl groups is 1. The minimum Gasteiger partial charge on any atom is -0.389 e. The van der Waals surface area contributed by atoms with Gasteiger partial charge < -0.3 is 5.11 Å². The molecule has 0 amide bonds.